The van der Waals surface area contributed by atoms with Gasteiger partial charge in [0, 0.05) is 25.7 Å². The fraction of sp³-hybridized carbons (Fsp3) is 0.533. The van der Waals surface area contributed by atoms with E-state index in [9.17, 15) is 4.79 Å². The summed E-state index contributed by atoms with van der Waals surface area (Å²) in [6.07, 6.45) is 0. The first kappa shape index (κ1) is 16.8. The Hall–Kier alpha value is -1.26. The first-order valence-corrected chi connectivity index (χ1v) is 6.87. The molecule has 1 N–H and O–H groups in total. The Labute approximate surface area is 126 Å². The topological polar surface area (TPSA) is 41.6 Å². The minimum absolute atomic E-state index is 0. The van der Waals surface area contributed by atoms with E-state index < -0.39 is 0 Å². The first-order valence-electron chi connectivity index (χ1n) is 6.87. The van der Waals surface area contributed by atoms with Gasteiger partial charge in [0.1, 0.15) is 5.75 Å². The molecule has 20 heavy (non-hydrogen) atoms. The standard InChI is InChI=1S/C15H22N2O2.ClH/c1-12(11-19-14-6-4-3-5-7-14)15(18)17-9-8-16-10-13(17)2;/h3-7,12-13,16H,8-11H2,1-2H3;1H/t12?,13-;/m1./s1. The molecule has 1 aliphatic heterocycles. The van der Waals surface area contributed by atoms with E-state index >= 15 is 0 Å². The van der Waals surface area contributed by atoms with Crippen molar-refractivity contribution >= 4 is 18.3 Å². The van der Waals surface area contributed by atoms with E-state index in [4.69, 9.17) is 4.74 Å². The van der Waals surface area contributed by atoms with Crippen LogP contribution in [0.2, 0.25) is 0 Å². The SMILES string of the molecule is CC(COc1ccccc1)C(=O)N1CCNC[C@H]1C.Cl. The van der Waals surface area contributed by atoms with Crippen LogP contribution in [0.25, 0.3) is 0 Å². The molecule has 1 heterocycles. The van der Waals surface area contributed by atoms with Gasteiger partial charge >= 0.3 is 0 Å². The number of amides is 1. The average molecular weight is 299 g/mol. The van der Waals surface area contributed by atoms with E-state index in [1.807, 2.05) is 42.2 Å². The van der Waals surface area contributed by atoms with Crippen LogP contribution in [0.15, 0.2) is 30.3 Å². The maximum Gasteiger partial charge on any atom is 0.229 e. The van der Waals surface area contributed by atoms with Crippen molar-refractivity contribution in [3.63, 3.8) is 0 Å². The maximum atomic E-state index is 12.3. The van der Waals surface area contributed by atoms with Crippen LogP contribution in [0.5, 0.6) is 5.75 Å². The molecular formula is C15H23ClN2O2. The minimum atomic E-state index is -0.110. The lowest BCUT2D eigenvalue weighted by molar-refractivity contribution is -0.138. The Kier molecular flexibility index (Phi) is 6.82. The molecule has 1 unspecified atom stereocenters. The lowest BCUT2D eigenvalue weighted by atomic mass is 10.1. The summed E-state index contributed by atoms with van der Waals surface area (Å²) in [5, 5.41) is 3.29. The number of piperazine rings is 1. The fourth-order valence-corrected chi connectivity index (χ4v) is 2.26. The third-order valence-corrected chi connectivity index (χ3v) is 3.45. The number of ether oxygens (including phenoxy) is 1. The second-order valence-electron chi connectivity index (χ2n) is 5.11. The van der Waals surface area contributed by atoms with Crippen molar-refractivity contribution in [1.29, 1.82) is 0 Å². The number of carbonyl (C=O) groups excluding carboxylic acids is 1. The molecule has 0 aromatic heterocycles. The van der Waals surface area contributed by atoms with Crippen molar-refractivity contribution in [2.45, 2.75) is 19.9 Å². The summed E-state index contributed by atoms with van der Waals surface area (Å²) in [6, 6.07) is 9.89. The molecule has 5 heteroatoms. The van der Waals surface area contributed by atoms with Gasteiger partial charge in [-0.1, -0.05) is 25.1 Å². The second-order valence-corrected chi connectivity index (χ2v) is 5.11. The maximum absolute atomic E-state index is 12.3. The Morgan fingerprint density at radius 3 is 2.80 bits per heavy atom. The number of hydrogen-bond donors (Lipinski definition) is 1. The molecule has 1 aromatic rings. The van der Waals surface area contributed by atoms with Crippen molar-refractivity contribution in [1.82, 2.24) is 10.2 Å². The Balaban J connectivity index is 0.00000200. The summed E-state index contributed by atoms with van der Waals surface area (Å²) in [4.78, 5) is 14.3. The van der Waals surface area contributed by atoms with Gasteiger partial charge in [0.25, 0.3) is 0 Å². The van der Waals surface area contributed by atoms with E-state index in [0.29, 0.717) is 6.61 Å². The third-order valence-electron chi connectivity index (χ3n) is 3.45. The molecule has 0 radical (unpaired) electrons. The number of hydrogen-bond acceptors (Lipinski definition) is 3. The molecule has 0 spiro atoms. The Bertz CT molecular complexity index is 414. The number of para-hydroxylation sites is 1. The second kappa shape index (κ2) is 8.12. The zero-order chi connectivity index (χ0) is 13.7. The predicted octanol–water partition coefficient (Wildman–Crippen LogP) is 1.94. The van der Waals surface area contributed by atoms with Gasteiger partial charge in [0.15, 0.2) is 0 Å². The molecule has 1 fully saturated rings. The normalized spacial score (nSPS) is 19.9. The molecule has 2 rings (SSSR count). The van der Waals surface area contributed by atoms with Gasteiger partial charge in [-0.2, -0.15) is 0 Å². The fourth-order valence-electron chi connectivity index (χ4n) is 2.26. The summed E-state index contributed by atoms with van der Waals surface area (Å²) >= 11 is 0. The molecule has 0 saturated carbocycles. The van der Waals surface area contributed by atoms with E-state index in [2.05, 4.69) is 12.2 Å². The van der Waals surface area contributed by atoms with Crippen LogP contribution in [-0.4, -0.2) is 43.1 Å². The van der Waals surface area contributed by atoms with Crippen LogP contribution >= 0.6 is 12.4 Å². The highest BCUT2D eigenvalue weighted by molar-refractivity contribution is 5.85. The van der Waals surface area contributed by atoms with Crippen LogP contribution in [0.3, 0.4) is 0 Å². The molecule has 0 aliphatic carbocycles. The lowest BCUT2D eigenvalue weighted by Gasteiger charge is -2.35. The summed E-state index contributed by atoms with van der Waals surface area (Å²) in [7, 11) is 0. The van der Waals surface area contributed by atoms with Crippen molar-refractivity contribution in [3.8, 4) is 5.75 Å². The number of carbonyl (C=O) groups is 1. The number of rotatable bonds is 4. The summed E-state index contributed by atoms with van der Waals surface area (Å²) in [5.41, 5.74) is 0. The van der Waals surface area contributed by atoms with Crippen molar-refractivity contribution in [2.24, 2.45) is 5.92 Å². The highest BCUT2D eigenvalue weighted by Crippen LogP contribution is 2.13. The average Bonchev–Trinajstić information content (AvgIpc) is 2.45. The monoisotopic (exact) mass is 298 g/mol. The summed E-state index contributed by atoms with van der Waals surface area (Å²) < 4.78 is 5.65. The van der Waals surface area contributed by atoms with Gasteiger partial charge in [-0.05, 0) is 19.1 Å². The van der Waals surface area contributed by atoms with Crippen LogP contribution < -0.4 is 10.1 Å². The van der Waals surface area contributed by atoms with Gasteiger partial charge in [-0.3, -0.25) is 4.79 Å². The largest absolute Gasteiger partial charge is 0.493 e. The van der Waals surface area contributed by atoms with Crippen LogP contribution in [0.4, 0.5) is 0 Å². The molecule has 4 nitrogen and oxygen atoms in total. The number of halogens is 1. The van der Waals surface area contributed by atoms with Gasteiger partial charge < -0.3 is 15.0 Å². The quantitative estimate of drug-likeness (QED) is 0.924. The lowest BCUT2D eigenvalue weighted by Crippen LogP contribution is -2.54. The molecule has 112 valence electrons. The van der Waals surface area contributed by atoms with Gasteiger partial charge in [0.2, 0.25) is 5.91 Å². The Morgan fingerprint density at radius 2 is 2.15 bits per heavy atom. The van der Waals surface area contributed by atoms with Gasteiger partial charge in [-0.25, -0.2) is 0 Å². The third kappa shape index (κ3) is 4.39. The zero-order valence-electron chi connectivity index (χ0n) is 12.0. The van der Waals surface area contributed by atoms with Gasteiger partial charge in [0.05, 0.1) is 12.5 Å². The van der Waals surface area contributed by atoms with Crippen molar-refractivity contribution in [3.05, 3.63) is 30.3 Å². The highest BCUT2D eigenvalue weighted by atomic mass is 35.5. The van der Waals surface area contributed by atoms with E-state index in [1.54, 1.807) is 0 Å². The summed E-state index contributed by atoms with van der Waals surface area (Å²) in [6.45, 7) is 6.98. The Morgan fingerprint density at radius 1 is 1.45 bits per heavy atom. The molecule has 1 amide bonds. The molecule has 1 aliphatic rings. The van der Waals surface area contributed by atoms with Crippen LogP contribution in [-0.2, 0) is 4.79 Å². The first-order chi connectivity index (χ1) is 9.18. The number of benzene rings is 1. The van der Waals surface area contributed by atoms with Crippen LogP contribution in [0.1, 0.15) is 13.8 Å². The molecule has 1 aromatic carbocycles. The van der Waals surface area contributed by atoms with E-state index in [1.165, 1.54) is 0 Å². The molecular weight excluding hydrogens is 276 g/mol. The van der Waals surface area contributed by atoms with Crippen LogP contribution in [0, 0.1) is 5.92 Å². The molecule has 0 bridgehead atoms. The van der Waals surface area contributed by atoms with Crippen molar-refractivity contribution < 1.29 is 9.53 Å². The van der Waals surface area contributed by atoms with Gasteiger partial charge in [-0.15, -0.1) is 12.4 Å². The number of nitrogens with zero attached hydrogens (tertiary/aromatic N) is 1. The summed E-state index contributed by atoms with van der Waals surface area (Å²) in [5.74, 6) is 0.890. The predicted molar refractivity (Wildman–Crippen MR) is 82.4 cm³/mol. The highest BCUT2D eigenvalue weighted by Gasteiger charge is 2.27. The van der Waals surface area contributed by atoms with E-state index in [-0.39, 0.29) is 30.3 Å². The van der Waals surface area contributed by atoms with Crippen molar-refractivity contribution in [2.75, 3.05) is 26.2 Å². The van der Waals surface area contributed by atoms with E-state index in [0.717, 1.165) is 25.4 Å². The number of nitrogens with one attached hydrogen (secondary N) is 1. The molecule has 1 saturated heterocycles. The zero-order valence-corrected chi connectivity index (χ0v) is 12.9. The smallest absolute Gasteiger partial charge is 0.229 e. The minimum Gasteiger partial charge on any atom is -0.493 e. The molecule has 2 atom stereocenters.